The third-order valence-electron chi connectivity index (χ3n) is 2.98. The molecule has 1 rings (SSSR count). The summed E-state index contributed by atoms with van der Waals surface area (Å²) in [6, 6.07) is 0. The minimum atomic E-state index is -0.334. The smallest absolute Gasteiger partial charge is 0.244 e. The molecule has 1 saturated carbocycles. The molecule has 0 aromatic heterocycles. The molecule has 12 heavy (non-hydrogen) atoms. The Labute approximate surface area is 73.8 Å². The summed E-state index contributed by atoms with van der Waals surface area (Å²) in [7, 11) is 0. The first-order valence-electron chi connectivity index (χ1n) is 4.55. The highest BCUT2D eigenvalue weighted by molar-refractivity contribution is 5.92. The van der Waals surface area contributed by atoms with Gasteiger partial charge in [-0.15, -0.1) is 0 Å². The summed E-state index contributed by atoms with van der Waals surface area (Å²) in [5, 5.41) is 0. The van der Waals surface area contributed by atoms with E-state index < -0.39 is 0 Å². The molecule has 2 nitrogen and oxygen atoms in total. The molecule has 0 aromatic rings. The van der Waals surface area contributed by atoms with Crippen LogP contribution in [0.15, 0.2) is 12.2 Å². The number of nitrogens with two attached hydrogens (primary N) is 1. The Morgan fingerprint density at radius 3 is 2.25 bits per heavy atom. The van der Waals surface area contributed by atoms with Crippen molar-refractivity contribution < 1.29 is 4.79 Å². The molecule has 0 radical (unpaired) electrons. The van der Waals surface area contributed by atoms with E-state index in [1.807, 2.05) is 0 Å². The van der Waals surface area contributed by atoms with E-state index in [1.165, 1.54) is 19.3 Å². The van der Waals surface area contributed by atoms with Gasteiger partial charge in [0.1, 0.15) is 0 Å². The predicted octanol–water partition coefficient (Wildman–Crippen LogP) is 2.00. The van der Waals surface area contributed by atoms with Crippen LogP contribution in [0.5, 0.6) is 0 Å². The van der Waals surface area contributed by atoms with Gasteiger partial charge in [-0.2, -0.15) is 0 Å². The van der Waals surface area contributed by atoms with Crippen LogP contribution in [0.4, 0.5) is 0 Å². The maximum absolute atomic E-state index is 10.9. The quantitative estimate of drug-likeness (QED) is 0.628. The molecule has 0 saturated heterocycles. The number of rotatable bonds is 2. The van der Waals surface area contributed by atoms with Crippen molar-refractivity contribution in [2.75, 3.05) is 0 Å². The van der Waals surface area contributed by atoms with Gasteiger partial charge >= 0.3 is 0 Å². The first-order valence-corrected chi connectivity index (χ1v) is 4.55. The van der Waals surface area contributed by atoms with Crippen molar-refractivity contribution in [3.05, 3.63) is 12.2 Å². The van der Waals surface area contributed by atoms with E-state index in [0.29, 0.717) is 5.57 Å². The molecule has 1 amide bonds. The van der Waals surface area contributed by atoms with Crippen molar-refractivity contribution in [3.63, 3.8) is 0 Å². The topological polar surface area (TPSA) is 43.1 Å². The molecule has 1 aliphatic carbocycles. The van der Waals surface area contributed by atoms with Crippen LogP contribution in [0.2, 0.25) is 0 Å². The van der Waals surface area contributed by atoms with E-state index in [2.05, 4.69) is 13.5 Å². The van der Waals surface area contributed by atoms with Crippen molar-refractivity contribution >= 4 is 5.91 Å². The summed E-state index contributed by atoms with van der Waals surface area (Å²) < 4.78 is 0. The van der Waals surface area contributed by atoms with E-state index in [4.69, 9.17) is 5.73 Å². The fourth-order valence-electron chi connectivity index (χ4n) is 1.93. The van der Waals surface area contributed by atoms with Crippen molar-refractivity contribution in [1.29, 1.82) is 0 Å². The Bertz CT molecular complexity index is 202. The minimum absolute atomic E-state index is 0.00984. The molecule has 2 N–H and O–H groups in total. The normalized spacial score (nSPS) is 21.8. The van der Waals surface area contributed by atoms with Crippen LogP contribution < -0.4 is 5.73 Å². The van der Waals surface area contributed by atoms with Gasteiger partial charge in [0.2, 0.25) is 5.91 Å². The van der Waals surface area contributed by atoms with Crippen LogP contribution in [-0.4, -0.2) is 5.91 Å². The number of amides is 1. The molecule has 0 bridgehead atoms. The monoisotopic (exact) mass is 167 g/mol. The summed E-state index contributed by atoms with van der Waals surface area (Å²) in [5.74, 6) is -0.334. The van der Waals surface area contributed by atoms with E-state index in [1.54, 1.807) is 0 Å². The molecule has 0 aliphatic heterocycles. The molecule has 68 valence electrons. The molecule has 2 heteroatoms. The molecule has 0 atom stereocenters. The van der Waals surface area contributed by atoms with Gasteiger partial charge in [0.25, 0.3) is 0 Å². The predicted molar refractivity (Wildman–Crippen MR) is 49.5 cm³/mol. The molecule has 1 fully saturated rings. The number of carbonyl (C=O) groups is 1. The zero-order valence-corrected chi connectivity index (χ0v) is 7.73. The third-order valence-corrected chi connectivity index (χ3v) is 2.98. The fourth-order valence-corrected chi connectivity index (χ4v) is 1.93. The van der Waals surface area contributed by atoms with Crippen LogP contribution in [0.25, 0.3) is 0 Å². The lowest BCUT2D eigenvalue weighted by molar-refractivity contribution is -0.115. The maximum atomic E-state index is 10.9. The average Bonchev–Trinajstić information content (AvgIpc) is 2.04. The number of primary amides is 1. The number of carbonyl (C=O) groups excluding carboxylic acids is 1. The Morgan fingerprint density at radius 2 is 1.83 bits per heavy atom. The van der Waals surface area contributed by atoms with Crippen LogP contribution in [0, 0.1) is 5.41 Å². The first kappa shape index (κ1) is 9.30. The molecule has 1 aliphatic rings. The van der Waals surface area contributed by atoms with E-state index in [0.717, 1.165) is 12.8 Å². The van der Waals surface area contributed by atoms with Crippen molar-refractivity contribution in [3.8, 4) is 0 Å². The molecular formula is C10H17NO. The molecular weight excluding hydrogens is 150 g/mol. The zero-order chi connectivity index (χ0) is 9.19. The van der Waals surface area contributed by atoms with Gasteiger partial charge in [-0.1, -0.05) is 32.8 Å². The van der Waals surface area contributed by atoms with Gasteiger partial charge in [0.15, 0.2) is 0 Å². The van der Waals surface area contributed by atoms with Gasteiger partial charge in [0.05, 0.1) is 0 Å². The largest absolute Gasteiger partial charge is 0.366 e. The van der Waals surface area contributed by atoms with Crippen LogP contribution in [0.3, 0.4) is 0 Å². The van der Waals surface area contributed by atoms with Gasteiger partial charge < -0.3 is 5.73 Å². The van der Waals surface area contributed by atoms with Gasteiger partial charge in [-0.25, -0.2) is 0 Å². The van der Waals surface area contributed by atoms with Crippen molar-refractivity contribution in [2.24, 2.45) is 11.1 Å². The molecule has 0 unspecified atom stereocenters. The highest BCUT2D eigenvalue weighted by Crippen LogP contribution is 2.40. The third kappa shape index (κ3) is 1.68. The lowest BCUT2D eigenvalue weighted by Crippen LogP contribution is -2.30. The van der Waals surface area contributed by atoms with Crippen LogP contribution >= 0.6 is 0 Å². The van der Waals surface area contributed by atoms with Gasteiger partial charge in [0, 0.05) is 5.57 Å². The first-order chi connectivity index (χ1) is 5.56. The van der Waals surface area contributed by atoms with E-state index in [-0.39, 0.29) is 11.3 Å². The SMILES string of the molecule is C=C(C(N)=O)C1(C)CCCCC1. The van der Waals surface area contributed by atoms with Gasteiger partial charge in [-0.3, -0.25) is 4.79 Å². The molecule has 0 aromatic carbocycles. The van der Waals surface area contributed by atoms with Gasteiger partial charge in [-0.05, 0) is 18.3 Å². The van der Waals surface area contributed by atoms with Crippen molar-refractivity contribution in [1.82, 2.24) is 0 Å². The zero-order valence-electron chi connectivity index (χ0n) is 7.73. The highest BCUT2D eigenvalue weighted by Gasteiger charge is 2.31. The second-order valence-electron chi connectivity index (χ2n) is 3.96. The second kappa shape index (κ2) is 3.30. The lowest BCUT2D eigenvalue weighted by Gasteiger charge is -2.33. The number of hydrogen-bond donors (Lipinski definition) is 1. The molecule has 0 heterocycles. The van der Waals surface area contributed by atoms with Crippen LogP contribution in [-0.2, 0) is 4.79 Å². The standard InChI is InChI=1S/C10H17NO/c1-8(9(11)12)10(2)6-4-3-5-7-10/h1,3-7H2,2H3,(H2,11,12). The average molecular weight is 167 g/mol. The summed E-state index contributed by atoms with van der Waals surface area (Å²) in [4.78, 5) is 10.9. The summed E-state index contributed by atoms with van der Waals surface area (Å²) in [6.07, 6.45) is 5.80. The second-order valence-corrected chi connectivity index (χ2v) is 3.96. The minimum Gasteiger partial charge on any atom is -0.366 e. The Morgan fingerprint density at radius 1 is 1.33 bits per heavy atom. The Kier molecular flexibility index (Phi) is 2.55. The lowest BCUT2D eigenvalue weighted by atomic mass is 9.71. The van der Waals surface area contributed by atoms with E-state index >= 15 is 0 Å². The molecule has 0 spiro atoms. The summed E-state index contributed by atoms with van der Waals surface area (Å²) in [6.45, 7) is 5.87. The summed E-state index contributed by atoms with van der Waals surface area (Å²) >= 11 is 0. The Balaban J connectivity index is 2.69. The maximum Gasteiger partial charge on any atom is 0.244 e. The number of hydrogen-bond acceptors (Lipinski definition) is 1. The fraction of sp³-hybridized carbons (Fsp3) is 0.700. The highest BCUT2D eigenvalue weighted by atomic mass is 16.1. The Hall–Kier alpha value is -0.790. The van der Waals surface area contributed by atoms with Crippen LogP contribution in [0.1, 0.15) is 39.0 Å². The summed E-state index contributed by atoms with van der Waals surface area (Å²) in [5.41, 5.74) is 5.82. The van der Waals surface area contributed by atoms with E-state index in [9.17, 15) is 4.79 Å². The van der Waals surface area contributed by atoms with Crippen molar-refractivity contribution in [2.45, 2.75) is 39.0 Å².